The molecule has 1 fully saturated rings. The van der Waals surface area contributed by atoms with Crippen LogP contribution in [0.4, 0.5) is 0 Å². The maximum Gasteiger partial charge on any atom is 0.256 e. The second-order valence-electron chi connectivity index (χ2n) is 6.52. The van der Waals surface area contributed by atoms with Crippen LogP contribution in [0.25, 0.3) is 0 Å². The van der Waals surface area contributed by atoms with Gasteiger partial charge in [-0.15, -0.1) is 0 Å². The largest absolute Gasteiger partial charge is 0.376 e. The average Bonchev–Trinajstić information content (AvgIpc) is 3.11. The number of benzene rings is 1. The van der Waals surface area contributed by atoms with Gasteiger partial charge in [0.05, 0.1) is 11.7 Å². The van der Waals surface area contributed by atoms with Crippen molar-refractivity contribution in [3.8, 4) is 0 Å². The Hall–Kier alpha value is -1.85. The van der Waals surface area contributed by atoms with Gasteiger partial charge in [-0.2, -0.15) is 0 Å². The van der Waals surface area contributed by atoms with Gasteiger partial charge in [0.1, 0.15) is 5.03 Å². The average molecular weight is 356 g/mol. The summed E-state index contributed by atoms with van der Waals surface area (Å²) in [6.07, 6.45) is 3.99. The Morgan fingerprint density at radius 2 is 2.16 bits per heavy atom. The van der Waals surface area contributed by atoms with Crippen LogP contribution in [0.5, 0.6) is 0 Å². The van der Waals surface area contributed by atoms with E-state index in [1.165, 1.54) is 22.9 Å². The third-order valence-electron chi connectivity index (χ3n) is 4.54. The van der Waals surface area contributed by atoms with E-state index in [0.717, 1.165) is 29.4 Å². The molecule has 0 N–H and O–H groups in total. The van der Waals surface area contributed by atoms with Crippen LogP contribution in [0.3, 0.4) is 0 Å². The molecule has 4 nitrogen and oxygen atoms in total. The number of carbonyl (C=O) groups is 1. The molecule has 0 bridgehead atoms. The first-order valence-corrected chi connectivity index (χ1v) is 9.43. The fraction of sp³-hybridized carbons (Fsp3) is 0.400. The summed E-state index contributed by atoms with van der Waals surface area (Å²) in [4.78, 5) is 20.2. The summed E-state index contributed by atoms with van der Waals surface area (Å²) < 4.78 is 5.65. The Balaban J connectivity index is 1.77. The third kappa shape index (κ3) is 4.41. The van der Waals surface area contributed by atoms with Gasteiger partial charge >= 0.3 is 0 Å². The van der Waals surface area contributed by atoms with E-state index in [-0.39, 0.29) is 12.0 Å². The predicted molar refractivity (Wildman–Crippen MR) is 100 cm³/mol. The fourth-order valence-electron chi connectivity index (χ4n) is 2.91. The van der Waals surface area contributed by atoms with E-state index in [2.05, 4.69) is 37.0 Å². The second-order valence-corrected chi connectivity index (χ2v) is 7.59. The molecular weight excluding hydrogens is 332 g/mol. The summed E-state index contributed by atoms with van der Waals surface area (Å²) in [5.74, 6) is -0.00469. The highest BCUT2D eigenvalue weighted by atomic mass is 32.2. The monoisotopic (exact) mass is 356 g/mol. The Labute approximate surface area is 153 Å². The first-order valence-electron chi connectivity index (χ1n) is 8.62. The molecule has 0 spiro atoms. The highest BCUT2D eigenvalue weighted by molar-refractivity contribution is 7.99. The van der Waals surface area contributed by atoms with Gasteiger partial charge in [-0.25, -0.2) is 4.98 Å². The second kappa shape index (κ2) is 8.02. The van der Waals surface area contributed by atoms with Crippen molar-refractivity contribution in [2.75, 3.05) is 20.2 Å². The van der Waals surface area contributed by atoms with Crippen LogP contribution in [-0.2, 0) is 4.74 Å². The van der Waals surface area contributed by atoms with Crippen LogP contribution in [0, 0.1) is 13.8 Å². The van der Waals surface area contributed by atoms with E-state index in [1.807, 2.05) is 19.2 Å². The fourth-order valence-corrected chi connectivity index (χ4v) is 3.88. The van der Waals surface area contributed by atoms with Gasteiger partial charge in [0.25, 0.3) is 5.91 Å². The number of hydrogen-bond donors (Lipinski definition) is 0. The van der Waals surface area contributed by atoms with Crippen molar-refractivity contribution in [3.63, 3.8) is 0 Å². The van der Waals surface area contributed by atoms with E-state index in [0.29, 0.717) is 12.1 Å². The van der Waals surface area contributed by atoms with Crippen LogP contribution >= 0.6 is 11.8 Å². The SMILES string of the molecule is Cc1ccc(Sc2ncccc2C(=O)N(C)CC2CCCO2)cc1C. The number of carbonyl (C=O) groups excluding carboxylic acids is 1. The normalized spacial score (nSPS) is 16.8. The van der Waals surface area contributed by atoms with E-state index in [4.69, 9.17) is 4.74 Å². The highest BCUT2D eigenvalue weighted by Crippen LogP contribution is 2.30. The van der Waals surface area contributed by atoms with Crippen molar-refractivity contribution in [1.29, 1.82) is 0 Å². The topological polar surface area (TPSA) is 42.4 Å². The minimum atomic E-state index is -0.00469. The van der Waals surface area contributed by atoms with Crippen LogP contribution in [0.1, 0.15) is 34.3 Å². The molecule has 0 saturated carbocycles. The van der Waals surface area contributed by atoms with Crippen LogP contribution in [0.15, 0.2) is 46.5 Å². The van der Waals surface area contributed by atoms with E-state index in [9.17, 15) is 4.79 Å². The zero-order valence-electron chi connectivity index (χ0n) is 15.0. The predicted octanol–water partition coefficient (Wildman–Crippen LogP) is 4.10. The van der Waals surface area contributed by atoms with Crippen LogP contribution in [-0.4, -0.2) is 42.1 Å². The maximum absolute atomic E-state index is 12.9. The Kier molecular flexibility index (Phi) is 5.76. The van der Waals surface area contributed by atoms with E-state index < -0.39 is 0 Å². The van der Waals surface area contributed by atoms with E-state index in [1.54, 1.807) is 11.1 Å². The van der Waals surface area contributed by atoms with Crippen molar-refractivity contribution >= 4 is 17.7 Å². The lowest BCUT2D eigenvalue weighted by Crippen LogP contribution is -2.34. The zero-order chi connectivity index (χ0) is 17.8. The number of hydrogen-bond acceptors (Lipinski definition) is 4. The molecule has 25 heavy (non-hydrogen) atoms. The first-order chi connectivity index (χ1) is 12.0. The summed E-state index contributed by atoms with van der Waals surface area (Å²) in [6, 6.07) is 9.99. The highest BCUT2D eigenvalue weighted by Gasteiger charge is 2.23. The number of nitrogens with zero attached hydrogens (tertiary/aromatic N) is 2. The lowest BCUT2D eigenvalue weighted by Gasteiger charge is -2.21. The summed E-state index contributed by atoms with van der Waals surface area (Å²) in [5, 5.41) is 0.745. The van der Waals surface area contributed by atoms with Crippen LogP contribution in [0.2, 0.25) is 0 Å². The number of aromatic nitrogens is 1. The van der Waals surface area contributed by atoms with Crippen molar-refractivity contribution in [2.24, 2.45) is 0 Å². The molecule has 5 heteroatoms. The van der Waals surface area contributed by atoms with Crippen molar-refractivity contribution in [1.82, 2.24) is 9.88 Å². The first kappa shape index (κ1) is 18.0. The minimum absolute atomic E-state index is 0.00469. The Morgan fingerprint density at radius 1 is 1.32 bits per heavy atom. The summed E-state index contributed by atoms with van der Waals surface area (Å²) >= 11 is 1.54. The quantitative estimate of drug-likeness (QED) is 0.809. The molecule has 3 rings (SSSR count). The van der Waals surface area contributed by atoms with Crippen molar-refractivity contribution in [3.05, 3.63) is 53.2 Å². The lowest BCUT2D eigenvalue weighted by molar-refractivity contribution is 0.0584. The Bertz CT molecular complexity index is 757. The summed E-state index contributed by atoms with van der Waals surface area (Å²) in [5.41, 5.74) is 3.15. The number of ether oxygens (including phenoxy) is 1. The van der Waals surface area contributed by atoms with Crippen molar-refractivity contribution < 1.29 is 9.53 Å². The molecule has 2 heterocycles. The van der Waals surface area contributed by atoms with Gasteiger partial charge < -0.3 is 9.64 Å². The molecule has 1 aliphatic rings. The summed E-state index contributed by atoms with van der Waals surface area (Å²) in [7, 11) is 1.83. The van der Waals surface area contributed by atoms with Gasteiger partial charge in [0.2, 0.25) is 0 Å². The minimum Gasteiger partial charge on any atom is -0.376 e. The van der Waals surface area contributed by atoms with Gasteiger partial charge in [-0.05, 0) is 62.1 Å². The third-order valence-corrected chi connectivity index (χ3v) is 5.55. The van der Waals surface area contributed by atoms with Crippen molar-refractivity contribution in [2.45, 2.75) is 42.7 Å². The van der Waals surface area contributed by atoms with E-state index >= 15 is 0 Å². The molecule has 1 unspecified atom stereocenters. The van der Waals surface area contributed by atoms with Gasteiger partial charge in [-0.3, -0.25) is 4.79 Å². The number of rotatable bonds is 5. The van der Waals surface area contributed by atoms with Gasteiger partial charge in [0, 0.05) is 31.3 Å². The standard InChI is InChI=1S/C20H24N2O2S/c1-14-8-9-17(12-15(14)2)25-19-18(7-4-10-21-19)20(23)22(3)13-16-6-5-11-24-16/h4,7-10,12,16H,5-6,11,13H2,1-3H3. The molecule has 1 saturated heterocycles. The maximum atomic E-state index is 12.9. The zero-order valence-corrected chi connectivity index (χ0v) is 15.8. The molecule has 1 aliphatic heterocycles. The number of likely N-dealkylation sites (N-methyl/N-ethyl adjacent to an activating group) is 1. The van der Waals surface area contributed by atoms with Gasteiger partial charge in [0.15, 0.2) is 0 Å². The molecule has 1 amide bonds. The molecule has 132 valence electrons. The smallest absolute Gasteiger partial charge is 0.256 e. The molecule has 1 aromatic carbocycles. The lowest BCUT2D eigenvalue weighted by atomic mass is 10.1. The molecule has 0 aliphatic carbocycles. The number of aryl methyl sites for hydroxylation is 2. The number of amides is 1. The number of pyridine rings is 1. The molecule has 1 aromatic heterocycles. The molecule has 0 radical (unpaired) electrons. The molecule has 1 atom stereocenters. The Morgan fingerprint density at radius 3 is 2.88 bits per heavy atom. The van der Waals surface area contributed by atoms with Gasteiger partial charge in [-0.1, -0.05) is 17.8 Å². The summed E-state index contributed by atoms with van der Waals surface area (Å²) in [6.45, 7) is 5.62. The molecule has 2 aromatic rings. The molecular formula is C20H24N2O2S. The van der Waals surface area contributed by atoms with Crippen LogP contribution < -0.4 is 0 Å².